The molecule has 184 valence electrons. The van der Waals surface area contributed by atoms with Gasteiger partial charge in [0.15, 0.2) is 0 Å². The Morgan fingerprint density at radius 3 is 2.39 bits per heavy atom. The molecule has 0 spiro atoms. The van der Waals surface area contributed by atoms with Crippen LogP contribution in [0.15, 0.2) is 84.0 Å². The molecule has 1 fully saturated rings. The lowest BCUT2D eigenvalue weighted by molar-refractivity contribution is 0.302. The summed E-state index contributed by atoms with van der Waals surface area (Å²) >= 11 is 10.7. The van der Waals surface area contributed by atoms with Gasteiger partial charge in [-0.3, -0.25) is 4.79 Å². The lowest BCUT2D eigenvalue weighted by Crippen LogP contribution is -2.25. The van der Waals surface area contributed by atoms with Crippen LogP contribution in [0.1, 0.15) is 55.0 Å². The molecule has 1 aliphatic rings. The number of para-hydroxylation sites is 1. The third-order valence-corrected chi connectivity index (χ3v) is 8.10. The second-order valence-electron chi connectivity index (χ2n) is 8.91. The molecule has 0 atom stereocenters. The summed E-state index contributed by atoms with van der Waals surface area (Å²) in [6.45, 7) is 0.445. The van der Waals surface area contributed by atoms with E-state index in [1.54, 1.807) is 6.21 Å². The van der Waals surface area contributed by atoms with Crippen molar-refractivity contribution in [3.63, 3.8) is 0 Å². The normalized spacial score (nSPS) is 14.5. The Hall–Kier alpha value is -2.29. The molecule has 1 aromatic heterocycles. The Bertz CT molecular complexity index is 1450. The van der Waals surface area contributed by atoms with Crippen LogP contribution in [0.2, 0.25) is 0 Å². The van der Waals surface area contributed by atoms with Crippen molar-refractivity contribution in [1.82, 2.24) is 9.66 Å². The molecule has 5 nitrogen and oxygen atoms in total. The van der Waals surface area contributed by atoms with Crippen molar-refractivity contribution < 1.29 is 4.74 Å². The van der Waals surface area contributed by atoms with Crippen molar-refractivity contribution in [2.24, 2.45) is 5.10 Å². The zero-order valence-corrected chi connectivity index (χ0v) is 24.2. The van der Waals surface area contributed by atoms with Gasteiger partial charge in [-0.2, -0.15) is 9.78 Å². The number of hydrogen-bond donors (Lipinski definition) is 0. The number of nitrogens with zero attached hydrogens (tertiary/aromatic N) is 3. The van der Waals surface area contributed by atoms with Crippen LogP contribution >= 0.6 is 47.8 Å². The largest absolute Gasteiger partial charge is 0.487 e. The van der Waals surface area contributed by atoms with Gasteiger partial charge < -0.3 is 4.74 Å². The summed E-state index contributed by atoms with van der Waals surface area (Å²) in [5, 5.41) is 5.22. The molecule has 0 amide bonds. The first-order valence-corrected chi connectivity index (χ1v) is 14.3. The number of halogens is 3. The predicted molar refractivity (Wildman–Crippen MR) is 155 cm³/mol. The van der Waals surface area contributed by atoms with Crippen LogP contribution in [0, 0.1) is 0 Å². The van der Waals surface area contributed by atoms with Crippen molar-refractivity contribution in [2.45, 2.75) is 44.6 Å². The van der Waals surface area contributed by atoms with Crippen LogP contribution in [0.25, 0.3) is 10.9 Å². The molecule has 5 rings (SSSR count). The van der Waals surface area contributed by atoms with Gasteiger partial charge in [0.05, 0.1) is 26.1 Å². The topological polar surface area (TPSA) is 56.5 Å². The average Bonchev–Trinajstić information content (AvgIpc) is 2.89. The lowest BCUT2D eigenvalue weighted by atomic mass is 9.88. The van der Waals surface area contributed by atoms with Crippen LogP contribution in [0.3, 0.4) is 0 Å². The van der Waals surface area contributed by atoms with E-state index in [2.05, 4.69) is 52.9 Å². The second kappa shape index (κ2) is 11.4. The smallest absolute Gasteiger partial charge is 0.282 e. The highest BCUT2D eigenvalue weighted by molar-refractivity contribution is 9.11. The SMILES string of the molecule is O=c1c2ccccc2nc(C2CCCCC2)n1N=Cc1cc(Br)c(OCc2ccc(Br)cc2)c(Br)c1. The number of rotatable bonds is 6. The zero-order valence-electron chi connectivity index (χ0n) is 19.5. The van der Waals surface area contributed by atoms with E-state index in [0.717, 1.165) is 61.6 Å². The maximum Gasteiger partial charge on any atom is 0.282 e. The van der Waals surface area contributed by atoms with Crippen LogP contribution in [0.5, 0.6) is 5.75 Å². The van der Waals surface area contributed by atoms with Crippen molar-refractivity contribution in [1.29, 1.82) is 0 Å². The number of ether oxygens (including phenoxy) is 1. The van der Waals surface area contributed by atoms with Crippen molar-refractivity contribution in [3.8, 4) is 5.75 Å². The average molecular weight is 674 g/mol. The third-order valence-electron chi connectivity index (χ3n) is 6.39. The zero-order chi connectivity index (χ0) is 25.1. The molecule has 0 bridgehead atoms. The maximum atomic E-state index is 13.4. The summed E-state index contributed by atoms with van der Waals surface area (Å²) in [5.41, 5.74) is 2.50. The molecule has 8 heteroatoms. The van der Waals surface area contributed by atoms with Crippen LogP contribution in [0.4, 0.5) is 0 Å². The van der Waals surface area contributed by atoms with Crippen molar-refractivity contribution in [3.05, 3.63) is 101 Å². The summed E-state index contributed by atoms with van der Waals surface area (Å²) in [7, 11) is 0. The molecule has 1 aliphatic carbocycles. The molecular formula is C28H24Br3N3O2. The number of benzene rings is 3. The van der Waals surface area contributed by atoms with E-state index in [9.17, 15) is 4.79 Å². The van der Waals surface area contributed by atoms with Crippen molar-refractivity contribution in [2.75, 3.05) is 0 Å². The van der Waals surface area contributed by atoms with E-state index in [-0.39, 0.29) is 11.5 Å². The quantitative estimate of drug-likeness (QED) is 0.194. The first kappa shape index (κ1) is 25.4. The Labute approximate surface area is 235 Å². The van der Waals surface area contributed by atoms with Gasteiger partial charge in [-0.25, -0.2) is 4.98 Å². The molecule has 0 saturated heterocycles. The predicted octanol–water partition coefficient (Wildman–Crippen LogP) is 8.19. The fraction of sp³-hybridized carbons (Fsp3) is 0.250. The van der Waals surface area contributed by atoms with Gasteiger partial charge in [-0.15, -0.1) is 0 Å². The number of fused-ring (bicyclic) bond motifs is 1. The molecule has 4 aromatic rings. The van der Waals surface area contributed by atoms with E-state index in [0.29, 0.717) is 17.7 Å². The highest BCUT2D eigenvalue weighted by Crippen LogP contribution is 2.35. The third kappa shape index (κ3) is 5.66. The molecule has 0 radical (unpaired) electrons. The maximum absolute atomic E-state index is 13.4. The molecule has 36 heavy (non-hydrogen) atoms. The Kier molecular flexibility index (Phi) is 8.03. The minimum absolute atomic E-state index is 0.134. The van der Waals surface area contributed by atoms with Gasteiger partial charge >= 0.3 is 0 Å². The molecule has 0 N–H and O–H groups in total. The number of aromatic nitrogens is 2. The van der Waals surface area contributed by atoms with Gasteiger partial charge in [0.1, 0.15) is 18.2 Å². The molecule has 0 unspecified atom stereocenters. The molecular weight excluding hydrogens is 650 g/mol. The Balaban J connectivity index is 1.45. The monoisotopic (exact) mass is 671 g/mol. The van der Waals surface area contributed by atoms with E-state index in [1.807, 2.05) is 60.7 Å². The summed E-state index contributed by atoms with van der Waals surface area (Å²) in [4.78, 5) is 18.3. The first-order valence-electron chi connectivity index (χ1n) is 11.9. The lowest BCUT2D eigenvalue weighted by Gasteiger charge is -2.22. The second-order valence-corrected chi connectivity index (χ2v) is 11.5. The molecule has 3 aromatic carbocycles. The van der Waals surface area contributed by atoms with E-state index in [1.165, 1.54) is 11.1 Å². The fourth-order valence-electron chi connectivity index (χ4n) is 4.53. The van der Waals surface area contributed by atoms with E-state index in [4.69, 9.17) is 9.72 Å². The molecule has 1 saturated carbocycles. The standard InChI is InChI=1S/C28H24Br3N3O2/c29-21-12-10-18(11-13-21)17-36-26-23(30)14-19(15-24(26)31)16-32-34-27(20-6-2-1-3-7-20)33-25-9-5-4-8-22(25)28(34)35/h4-5,8-16,20H,1-3,6-7,17H2. The van der Waals surface area contributed by atoms with Gasteiger partial charge in [0.25, 0.3) is 5.56 Å². The van der Waals surface area contributed by atoms with Gasteiger partial charge in [-0.05, 0) is 92.2 Å². The molecule has 0 aliphatic heterocycles. The minimum atomic E-state index is -0.134. The van der Waals surface area contributed by atoms with E-state index >= 15 is 0 Å². The van der Waals surface area contributed by atoms with Crippen LogP contribution in [-0.4, -0.2) is 15.9 Å². The minimum Gasteiger partial charge on any atom is -0.487 e. The Morgan fingerprint density at radius 1 is 0.972 bits per heavy atom. The highest BCUT2D eigenvalue weighted by atomic mass is 79.9. The fourth-order valence-corrected chi connectivity index (χ4v) is 6.25. The first-order chi connectivity index (χ1) is 17.5. The van der Waals surface area contributed by atoms with Gasteiger partial charge in [0.2, 0.25) is 0 Å². The van der Waals surface area contributed by atoms with Gasteiger partial charge in [0, 0.05) is 10.4 Å². The molecule has 1 heterocycles. The van der Waals surface area contributed by atoms with Gasteiger partial charge in [-0.1, -0.05) is 59.5 Å². The summed E-state index contributed by atoms with van der Waals surface area (Å²) in [5.74, 6) is 1.70. The summed E-state index contributed by atoms with van der Waals surface area (Å²) < 4.78 is 10.2. The Morgan fingerprint density at radius 2 is 1.67 bits per heavy atom. The highest BCUT2D eigenvalue weighted by Gasteiger charge is 2.22. The van der Waals surface area contributed by atoms with Crippen LogP contribution in [-0.2, 0) is 6.61 Å². The van der Waals surface area contributed by atoms with E-state index < -0.39 is 0 Å². The summed E-state index contributed by atoms with van der Waals surface area (Å²) in [6, 6.07) is 19.4. The number of hydrogen-bond acceptors (Lipinski definition) is 4. The summed E-state index contributed by atoms with van der Waals surface area (Å²) in [6.07, 6.45) is 7.30. The van der Waals surface area contributed by atoms with Crippen LogP contribution < -0.4 is 10.3 Å². The van der Waals surface area contributed by atoms with Crippen molar-refractivity contribution >= 4 is 64.9 Å².